The Bertz CT molecular complexity index is 1190. The second-order valence-electron chi connectivity index (χ2n) is 7.97. The van der Waals surface area contributed by atoms with Crippen LogP contribution in [-0.2, 0) is 22.4 Å². The summed E-state index contributed by atoms with van der Waals surface area (Å²) in [6.07, 6.45) is 4.50. The maximum atomic E-state index is 12.7. The number of carboxylic acids is 1. The number of benzene rings is 2. The maximum absolute atomic E-state index is 12.7. The van der Waals surface area contributed by atoms with E-state index in [1.54, 1.807) is 36.5 Å². The van der Waals surface area contributed by atoms with Gasteiger partial charge in [0.2, 0.25) is 5.91 Å². The zero-order chi connectivity index (χ0) is 25.2. The second kappa shape index (κ2) is 12.5. The van der Waals surface area contributed by atoms with E-state index in [4.69, 9.17) is 5.11 Å². The molecule has 1 unspecified atom stereocenters. The van der Waals surface area contributed by atoms with Crippen LogP contribution in [0, 0.1) is 6.92 Å². The summed E-state index contributed by atoms with van der Waals surface area (Å²) in [6, 6.07) is 13.9. The lowest BCUT2D eigenvalue weighted by Gasteiger charge is -2.15. The molecule has 0 aliphatic carbocycles. The molecular weight excluding hydrogens is 464 g/mol. The Labute approximate surface area is 208 Å². The Morgan fingerprint density at radius 2 is 1.86 bits per heavy atom. The molecule has 1 atom stereocenters. The minimum absolute atomic E-state index is 0.0402. The van der Waals surface area contributed by atoms with E-state index >= 15 is 0 Å². The van der Waals surface area contributed by atoms with Crippen molar-refractivity contribution in [1.82, 2.24) is 10.3 Å². The Kier molecular flexibility index (Phi) is 9.14. The fourth-order valence-corrected chi connectivity index (χ4v) is 4.33. The number of urea groups is 1. The minimum atomic E-state index is -0.857. The van der Waals surface area contributed by atoms with E-state index in [9.17, 15) is 14.4 Å². The van der Waals surface area contributed by atoms with Crippen molar-refractivity contribution in [2.75, 3.05) is 10.6 Å². The number of hydrogen-bond donors (Lipinski definition) is 4. The first kappa shape index (κ1) is 25.6. The summed E-state index contributed by atoms with van der Waals surface area (Å²) >= 11 is 1.40. The Hall–Kier alpha value is -3.98. The number of nitrogens with one attached hydrogen (secondary N) is 3. The number of para-hydroxylation sites is 1. The summed E-state index contributed by atoms with van der Waals surface area (Å²) < 4.78 is 0. The molecule has 3 amide bonds. The van der Waals surface area contributed by atoms with Crippen LogP contribution in [0.4, 0.5) is 16.2 Å². The molecule has 1 heterocycles. The summed E-state index contributed by atoms with van der Waals surface area (Å²) in [5.74, 6) is -1.03. The van der Waals surface area contributed by atoms with Crippen LogP contribution in [0.2, 0.25) is 0 Å². The highest BCUT2D eigenvalue weighted by atomic mass is 32.1. The number of nitrogens with zero attached hydrogens (tertiary/aromatic N) is 1. The summed E-state index contributed by atoms with van der Waals surface area (Å²) in [4.78, 5) is 40.9. The highest BCUT2D eigenvalue weighted by molar-refractivity contribution is 7.11. The average molecular weight is 493 g/mol. The Morgan fingerprint density at radius 1 is 1.11 bits per heavy atom. The molecule has 0 radical (unpaired) electrons. The lowest BCUT2D eigenvalue weighted by atomic mass is 10.1. The summed E-state index contributed by atoms with van der Waals surface area (Å²) in [5.41, 5.74) is 3.11. The fourth-order valence-electron chi connectivity index (χ4n) is 3.35. The number of amides is 3. The maximum Gasteiger partial charge on any atom is 0.323 e. The van der Waals surface area contributed by atoms with Gasteiger partial charge in [0, 0.05) is 22.4 Å². The van der Waals surface area contributed by atoms with Gasteiger partial charge < -0.3 is 21.1 Å². The molecule has 2 aromatic carbocycles. The SMILES string of the molecule is C=CCC(NC(=O)Cc1ccc(NC(=O)Nc2ccccc2C)cc1)c1ncc(CCC(=O)O)s1. The number of carboxylic acid groups (broad SMARTS) is 1. The largest absolute Gasteiger partial charge is 0.481 e. The van der Waals surface area contributed by atoms with Gasteiger partial charge >= 0.3 is 12.0 Å². The molecule has 182 valence electrons. The van der Waals surface area contributed by atoms with E-state index < -0.39 is 5.97 Å². The summed E-state index contributed by atoms with van der Waals surface area (Å²) in [5, 5.41) is 18.2. The third-order valence-electron chi connectivity index (χ3n) is 5.16. The quantitative estimate of drug-likeness (QED) is 0.278. The third kappa shape index (κ3) is 8.08. The number of anilines is 2. The van der Waals surface area contributed by atoms with Crippen LogP contribution in [0.25, 0.3) is 0 Å². The Morgan fingerprint density at radius 3 is 2.54 bits per heavy atom. The van der Waals surface area contributed by atoms with Crippen molar-refractivity contribution in [2.45, 2.75) is 38.6 Å². The highest BCUT2D eigenvalue weighted by Crippen LogP contribution is 2.24. The topological polar surface area (TPSA) is 120 Å². The van der Waals surface area contributed by atoms with Gasteiger partial charge in [0.25, 0.3) is 0 Å². The number of aryl methyl sites for hydroxylation is 2. The number of carbonyl (C=O) groups excluding carboxylic acids is 2. The highest BCUT2D eigenvalue weighted by Gasteiger charge is 2.18. The van der Waals surface area contributed by atoms with E-state index in [1.807, 2.05) is 31.2 Å². The normalized spacial score (nSPS) is 11.3. The fraction of sp³-hybridized carbons (Fsp3) is 0.231. The molecule has 0 aliphatic heterocycles. The van der Waals surface area contributed by atoms with Gasteiger partial charge in [-0.3, -0.25) is 9.59 Å². The minimum Gasteiger partial charge on any atom is -0.481 e. The number of rotatable bonds is 11. The van der Waals surface area contributed by atoms with E-state index in [1.165, 1.54) is 11.3 Å². The molecular formula is C26H28N4O4S. The first-order valence-corrected chi connectivity index (χ1v) is 11.9. The van der Waals surface area contributed by atoms with Gasteiger partial charge in [-0.1, -0.05) is 36.4 Å². The van der Waals surface area contributed by atoms with Crippen LogP contribution >= 0.6 is 11.3 Å². The average Bonchev–Trinajstić information content (AvgIpc) is 3.29. The lowest BCUT2D eigenvalue weighted by Crippen LogP contribution is -2.29. The lowest BCUT2D eigenvalue weighted by molar-refractivity contribution is -0.137. The van der Waals surface area contributed by atoms with Crippen LogP contribution in [0.5, 0.6) is 0 Å². The standard InChI is InChI=1S/C26H28N4O4S/c1-3-6-22(25-27-16-20(35-25)13-14-24(32)33)29-23(31)15-18-9-11-19(12-10-18)28-26(34)30-21-8-5-4-7-17(21)2/h3-5,7-12,16,22H,1,6,13-15H2,2H3,(H,29,31)(H,32,33)(H2,28,30,34). The smallest absolute Gasteiger partial charge is 0.323 e. The second-order valence-corrected chi connectivity index (χ2v) is 9.12. The van der Waals surface area contributed by atoms with Crippen molar-refractivity contribution in [1.29, 1.82) is 0 Å². The van der Waals surface area contributed by atoms with E-state index in [0.717, 1.165) is 26.7 Å². The predicted octanol–water partition coefficient (Wildman–Crippen LogP) is 5.09. The zero-order valence-corrected chi connectivity index (χ0v) is 20.2. The summed E-state index contributed by atoms with van der Waals surface area (Å²) in [6.45, 7) is 5.67. The molecule has 0 spiro atoms. The van der Waals surface area contributed by atoms with Crippen LogP contribution in [0.3, 0.4) is 0 Å². The van der Waals surface area contributed by atoms with Crippen LogP contribution in [-0.4, -0.2) is 28.0 Å². The van der Waals surface area contributed by atoms with Crippen LogP contribution < -0.4 is 16.0 Å². The van der Waals surface area contributed by atoms with Gasteiger partial charge in [0.1, 0.15) is 5.01 Å². The molecule has 0 fully saturated rings. The monoisotopic (exact) mass is 492 g/mol. The van der Waals surface area contributed by atoms with Gasteiger partial charge in [0.15, 0.2) is 0 Å². The van der Waals surface area contributed by atoms with Crippen molar-refractivity contribution in [2.24, 2.45) is 0 Å². The van der Waals surface area contributed by atoms with Crippen LogP contribution in [0.15, 0.2) is 67.4 Å². The number of thiazole rings is 1. The van der Waals surface area contributed by atoms with Crippen molar-refractivity contribution in [3.63, 3.8) is 0 Å². The number of aromatic nitrogens is 1. The molecule has 35 heavy (non-hydrogen) atoms. The van der Waals surface area contributed by atoms with E-state index in [2.05, 4.69) is 27.5 Å². The molecule has 9 heteroatoms. The van der Waals surface area contributed by atoms with Gasteiger partial charge in [0.05, 0.1) is 18.9 Å². The molecule has 0 bridgehead atoms. The first-order valence-electron chi connectivity index (χ1n) is 11.1. The van der Waals surface area contributed by atoms with E-state index in [-0.39, 0.29) is 30.8 Å². The predicted molar refractivity (Wildman–Crippen MR) is 138 cm³/mol. The van der Waals surface area contributed by atoms with Gasteiger partial charge in [-0.25, -0.2) is 9.78 Å². The van der Waals surface area contributed by atoms with Crippen LogP contribution in [0.1, 0.15) is 39.9 Å². The van der Waals surface area contributed by atoms with Crippen molar-refractivity contribution >= 4 is 40.6 Å². The number of hydrogen-bond acceptors (Lipinski definition) is 5. The van der Waals surface area contributed by atoms with Gasteiger partial charge in [-0.2, -0.15) is 0 Å². The van der Waals surface area contributed by atoms with Crippen molar-refractivity contribution < 1.29 is 19.5 Å². The molecule has 4 N–H and O–H groups in total. The number of aliphatic carboxylic acids is 1. The van der Waals surface area contributed by atoms with Gasteiger partial charge in [-0.05, 0) is 49.1 Å². The van der Waals surface area contributed by atoms with Crippen molar-refractivity contribution in [3.8, 4) is 0 Å². The van der Waals surface area contributed by atoms with Gasteiger partial charge in [-0.15, -0.1) is 17.9 Å². The molecule has 8 nitrogen and oxygen atoms in total. The molecule has 3 rings (SSSR count). The number of carbonyl (C=O) groups is 3. The molecule has 3 aromatic rings. The van der Waals surface area contributed by atoms with E-state index in [0.29, 0.717) is 18.5 Å². The first-order chi connectivity index (χ1) is 16.8. The molecule has 1 aromatic heterocycles. The zero-order valence-electron chi connectivity index (χ0n) is 19.4. The molecule has 0 aliphatic rings. The Balaban J connectivity index is 1.54. The molecule has 0 saturated carbocycles. The van der Waals surface area contributed by atoms with Crippen molar-refractivity contribution in [3.05, 3.63) is 88.4 Å². The third-order valence-corrected chi connectivity index (χ3v) is 6.33. The molecule has 0 saturated heterocycles. The summed E-state index contributed by atoms with van der Waals surface area (Å²) in [7, 11) is 0.